The molecule has 1 aliphatic heterocycles. The van der Waals surface area contributed by atoms with Crippen LogP contribution < -0.4 is 0 Å². The highest BCUT2D eigenvalue weighted by atomic mass is 35.5. The Morgan fingerprint density at radius 3 is 2.39 bits per heavy atom. The Balaban J connectivity index is 2.28. The number of alkyl halides is 1. The fourth-order valence-corrected chi connectivity index (χ4v) is 3.68. The van der Waals surface area contributed by atoms with Crippen LogP contribution in [-0.4, -0.2) is 42.0 Å². The van der Waals surface area contributed by atoms with E-state index in [9.17, 15) is 13.2 Å². The van der Waals surface area contributed by atoms with Crippen molar-refractivity contribution < 1.29 is 13.2 Å². The van der Waals surface area contributed by atoms with Crippen molar-refractivity contribution in [3.63, 3.8) is 0 Å². The molecule has 1 unspecified atom stereocenters. The predicted molar refractivity (Wildman–Crippen MR) is 68.2 cm³/mol. The number of halogens is 1. The summed E-state index contributed by atoms with van der Waals surface area (Å²) in [5, 5.41) is 0. The van der Waals surface area contributed by atoms with Gasteiger partial charge in [0.2, 0.25) is 0 Å². The van der Waals surface area contributed by atoms with Crippen molar-refractivity contribution >= 4 is 27.7 Å². The highest BCUT2D eigenvalue weighted by molar-refractivity contribution is 7.87. The van der Waals surface area contributed by atoms with E-state index < -0.39 is 22.2 Å². The number of amides is 1. The van der Waals surface area contributed by atoms with Gasteiger partial charge in [-0.05, 0) is 12.0 Å². The van der Waals surface area contributed by atoms with Crippen LogP contribution in [0.1, 0.15) is 5.56 Å². The zero-order chi connectivity index (χ0) is 13.3. The van der Waals surface area contributed by atoms with Gasteiger partial charge in [-0.15, -0.1) is 11.6 Å². The summed E-state index contributed by atoms with van der Waals surface area (Å²) < 4.78 is 25.5. The van der Waals surface area contributed by atoms with Crippen LogP contribution in [0.5, 0.6) is 0 Å². The molecule has 1 atom stereocenters. The topological polar surface area (TPSA) is 57.7 Å². The van der Waals surface area contributed by atoms with Crippen molar-refractivity contribution in [3.05, 3.63) is 35.9 Å². The third kappa shape index (κ3) is 2.11. The van der Waals surface area contributed by atoms with Crippen molar-refractivity contribution in [3.8, 4) is 0 Å². The Bertz CT molecular complexity index is 547. The zero-order valence-corrected chi connectivity index (χ0v) is 11.4. The highest BCUT2D eigenvalue weighted by Crippen LogP contribution is 2.24. The molecule has 0 bridgehead atoms. The maximum absolute atomic E-state index is 12.0. The van der Waals surface area contributed by atoms with Crippen LogP contribution in [0.25, 0.3) is 0 Å². The molecule has 1 aliphatic rings. The zero-order valence-electron chi connectivity index (χ0n) is 9.78. The molecule has 7 heteroatoms. The Morgan fingerprint density at radius 2 is 1.89 bits per heavy atom. The molecule has 1 heterocycles. The first-order valence-electron chi connectivity index (χ1n) is 5.38. The number of likely N-dealkylation sites (N-methyl/N-ethyl adjacent to an activating group) is 1. The first kappa shape index (κ1) is 13.3. The van der Waals surface area contributed by atoms with Crippen molar-refractivity contribution in [2.45, 2.75) is 12.5 Å². The minimum Gasteiger partial charge on any atom is -0.272 e. The number of hydrogen-bond donors (Lipinski definition) is 0. The van der Waals surface area contributed by atoms with Crippen LogP contribution in [0.4, 0.5) is 0 Å². The van der Waals surface area contributed by atoms with E-state index in [4.69, 9.17) is 11.6 Å². The molecule has 0 radical (unpaired) electrons. The lowest BCUT2D eigenvalue weighted by molar-refractivity contribution is -0.127. The largest absolute Gasteiger partial charge is 0.307 e. The van der Waals surface area contributed by atoms with Gasteiger partial charge in [-0.1, -0.05) is 30.3 Å². The van der Waals surface area contributed by atoms with E-state index in [1.54, 1.807) is 0 Å². The van der Waals surface area contributed by atoms with Crippen LogP contribution in [0.15, 0.2) is 30.3 Å². The molecular formula is C11H13ClN2O3S. The van der Waals surface area contributed by atoms with Crippen LogP contribution in [-0.2, 0) is 21.4 Å². The molecule has 1 aromatic carbocycles. The summed E-state index contributed by atoms with van der Waals surface area (Å²) in [6.45, 7) is 0. The van der Waals surface area contributed by atoms with Crippen molar-refractivity contribution in [2.75, 3.05) is 13.1 Å². The molecule has 0 saturated carbocycles. The van der Waals surface area contributed by atoms with Gasteiger partial charge in [-0.25, -0.2) is 4.31 Å². The van der Waals surface area contributed by atoms with Gasteiger partial charge in [-0.2, -0.15) is 12.7 Å². The highest BCUT2D eigenvalue weighted by Gasteiger charge is 2.47. The fourth-order valence-electron chi connectivity index (χ4n) is 1.93. The third-order valence-corrected chi connectivity index (χ3v) is 5.22. The minimum absolute atomic E-state index is 0.350. The first-order chi connectivity index (χ1) is 8.48. The smallest absolute Gasteiger partial charge is 0.272 e. The van der Waals surface area contributed by atoms with E-state index in [1.807, 2.05) is 30.3 Å². The van der Waals surface area contributed by atoms with Crippen LogP contribution >= 0.6 is 11.6 Å². The average Bonchev–Trinajstić information content (AvgIpc) is 2.51. The second kappa shape index (κ2) is 4.87. The minimum atomic E-state index is -3.75. The molecule has 1 amide bonds. The monoisotopic (exact) mass is 288 g/mol. The SMILES string of the molecule is CN1C(Cc2ccccc2)C(=O)N(CCl)S1(=O)=O. The summed E-state index contributed by atoms with van der Waals surface area (Å²) in [5.74, 6) is -0.476. The summed E-state index contributed by atoms with van der Waals surface area (Å²) in [5.41, 5.74) is 0.911. The third-order valence-electron chi connectivity index (χ3n) is 2.99. The van der Waals surface area contributed by atoms with Gasteiger partial charge < -0.3 is 0 Å². The van der Waals surface area contributed by atoms with E-state index in [0.29, 0.717) is 10.7 Å². The van der Waals surface area contributed by atoms with Gasteiger partial charge in [-0.3, -0.25) is 4.79 Å². The normalized spacial score (nSPS) is 23.6. The molecule has 0 N–H and O–H groups in total. The molecule has 1 fully saturated rings. The number of carbonyl (C=O) groups excluding carboxylic acids is 1. The quantitative estimate of drug-likeness (QED) is 0.611. The number of nitrogens with zero attached hydrogens (tertiary/aromatic N) is 2. The fraction of sp³-hybridized carbons (Fsp3) is 0.364. The molecule has 1 saturated heterocycles. The molecule has 98 valence electrons. The lowest BCUT2D eigenvalue weighted by Gasteiger charge is -2.14. The van der Waals surface area contributed by atoms with Gasteiger partial charge in [0.05, 0.1) is 0 Å². The molecule has 0 spiro atoms. The standard InChI is InChI=1S/C11H13ClN2O3S/c1-13-10(7-9-5-3-2-4-6-9)11(15)14(8-12)18(13,16)17/h2-6,10H,7-8H2,1H3. The van der Waals surface area contributed by atoms with E-state index in [1.165, 1.54) is 7.05 Å². The Kier molecular flexibility index (Phi) is 3.61. The maximum Gasteiger partial charge on any atom is 0.307 e. The van der Waals surface area contributed by atoms with Gasteiger partial charge in [0, 0.05) is 7.05 Å². The van der Waals surface area contributed by atoms with Crippen LogP contribution in [0.2, 0.25) is 0 Å². The Morgan fingerprint density at radius 1 is 1.28 bits per heavy atom. The molecule has 18 heavy (non-hydrogen) atoms. The number of benzene rings is 1. The van der Waals surface area contributed by atoms with Gasteiger partial charge in [0.25, 0.3) is 5.91 Å². The molecule has 5 nitrogen and oxygen atoms in total. The van der Waals surface area contributed by atoms with Gasteiger partial charge >= 0.3 is 10.2 Å². The summed E-state index contributed by atoms with van der Waals surface area (Å²) in [6, 6.07) is 8.22. The van der Waals surface area contributed by atoms with Crippen molar-refractivity contribution in [2.24, 2.45) is 0 Å². The van der Waals surface area contributed by atoms with E-state index in [0.717, 1.165) is 9.87 Å². The van der Waals surface area contributed by atoms with E-state index >= 15 is 0 Å². The first-order valence-corrected chi connectivity index (χ1v) is 7.31. The maximum atomic E-state index is 12.0. The van der Waals surface area contributed by atoms with Crippen LogP contribution in [0, 0.1) is 0 Å². The molecule has 2 rings (SSSR count). The Hall–Kier alpha value is -1.11. The average molecular weight is 289 g/mol. The summed E-state index contributed by atoms with van der Waals surface area (Å²) in [4.78, 5) is 12.0. The lowest BCUT2D eigenvalue weighted by atomic mass is 10.1. The van der Waals surface area contributed by atoms with E-state index in [-0.39, 0.29) is 6.00 Å². The summed E-state index contributed by atoms with van der Waals surface area (Å²) in [6.07, 6.45) is 0.350. The second-order valence-corrected chi connectivity index (χ2v) is 6.19. The number of carbonyl (C=O) groups is 1. The number of rotatable bonds is 3. The molecule has 0 aliphatic carbocycles. The predicted octanol–water partition coefficient (Wildman–Crippen LogP) is 0.813. The lowest BCUT2D eigenvalue weighted by Crippen LogP contribution is -2.33. The molecule has 0 aromatic heterocycles. The van der Waals surface area contributed by atoms with E-state index in [2.05, 4.69) is 0 Å². The molecular weight excluding hydrogens is 276 g/mol. The summed E-state index contributed by atoms with van der Waals surface area (Å²) >= 11 is 5.52. The van der Waals surface area contributed by atoms with Gasteiger partial charge in [0.15, 0.2) is 0 Å². The van der Waals surface area contributed by atoms with Gasteiger partial charge in [0.1, 0.15) is 12.0 Å². The van der Waals surface area contributed by atoms with Crippen LogP contribution in [0.3, 0.4) is 0 Å². The molecule has 1 aromatic rings. The summed E-state index contributed by atoms with van der Waals surface area (Å²) in [7, 11) is -2.35. The van der Waals surface area contributed by atoms with Crippen molar-refractivity contribution in [1.82, 2.24) is 8.61 Å². The Labute approximate surface area is 111 Å². The number of hydrogen-bond acceptors (Lipinski definition) is 3. The second-order valence-electron chi connectivity index (χ2n) is 4.04. The van der Waals surface area contributed by atoms with Crippen molar-refractivity contribution in [1.29, 1.82) is 0 Å².